The molecule has 1 aromatic carbocycles. The molecule has 26 heavy (non-hydrogen) atoms. The van der Waals surface area contributed by atoms with E-state index in [9.17, 15) is 13.2 Å². The van der Waals surface area contributed by atoms with Crippen LogP contribution >= 0.6 is 0 Å². The highest BCUT2D eigenvalue weighted by Crippen LogP contribution is 2.36. The lowest BCUT2D eigenvalue weighted by molar-refractivity contribution is 0.101. The average Bonchev–Trinajstić information content (AvgIpc) is 3.14. The number of ketones is 1. The summed E-state index contributed by atoms with van der Waals surface area (Å²) in [5.74, 6) is 0.0398. The van der Waals surface area contributed by atoms with E-state index in [1.54, 1.807) is 44.4 Å². The molecule has 1 atom stereocenters. The Balaban J connectivity index is 1.87. The average molecular weight is 369 g/mol. The number of allylic oxidation sites excluding steroid dienone is 3. The molecule has 2 aromatic rings. The fraction of sp³-hybridized carbons (Fsp3) is 0.286. The van der Waals surface area contributed by atoms with Crippen molar-refractivity contribution in [2.75, 3.05) is 0 Å². The van der Waals surface area contributed by atoms with Crippen LogP contribution in [0.3, 0.4) is 0 Å². The predicted molar refractivity (Wildman–Crippen MR) is 104 cm³/mol. The highest BCUT2D eigenvalue weighted by atomic mass is 32.2. The Kier molecular flexibility index (Phi) is 4.76. The van der Waals surface area contributed by atoms with Gasteiger partial charge in [0.1, 0.15) is 4.75 Å². The lowest BCUT2D eigenvalue weighted by Gasteiger charge is -2.31. The van der Waals surface area contributed by atoms with Crippen molar-refractivity contribution in [1.29, 1.82) is 0 Å². The van der Waals surface area contributed by atoms with E-state index in [0.29, 0.717) is 18.4 Å². The number of aromatic nitrogens is 1. The van der Waals surface area contributed by atoms with Crippen molar-refractivity contribution < 1.29 is 13.2 Å². The van der Waals surface area contributed by atoms with Gasteiger partial charge in [-0.3, -0.25) is 8.77 Å². The Hall–Kier alpha value is -2.40. The Labute approximate surface area is 154 Å². The summed E-state index contributed by atoms with van der Waals surface area (Å²) in [5.41, 5.74) is 3.95. The maximum absolute atomic E-state index is 13.0. The number of benzene rings is 1. The number of carbonyl (C=O) groups is 1. The first kappa shape index (κ1) is 18.4. The summed E-state index contributed by atoms with van der Waals surface area (Å²) in [6, 6.07) is 10.9. The van der Waals surface area contributed by atoms with Gasteiger partial charge in [-0.25, -0.2) is 8.42 Å². The van der Waals surface area contributed by atoms with Crippen LogP contribution in [0.2, 0.25) is 0 Å². The first-order valence-electron chi connectivity index (χ1n) is 8.59. The van der Waals surface area contributed by atoms with Gasteiger partial charge in [0, 0.05) is 18.0 Å². The van der Waals surface area contributed by atoms with E-state index in [1.807, 2.05) is 37.3 Å². The third kappa shape index (κ3) is 3.31. The van der Waals surface area contributed by atoms with Crippen molar-refractivity contribution in [1.82, 2.24) is 3.97 Å². The van der Waals surface area contributed by atoms with Gasteiger partial charge in [-0.1, -0.05) is 47.6 Å². The molecule has 0 fully saturated rings. The molecule has 1 aliphatic rings. The number of Topliss-reactive ketones (excluding diaryl/α,β-unsaturated/α-hetero) is 1. The third-order valence-electron chi connectivity index (χ3n) is 5.03. The van der Waals surface area contributed by atoms with Crippen LogP contribution in [0.1, 0.15) is 43.1 Å². The van der Waals surface area contributed by atoms with Crippen LogP contribution in [0, 0.1) is 0 Å². The number of hydrogen-bond acceptors (Lipinski definition) is 3. The van der Waals surface area contributed by atoms with Gasteiger partial charge in [0.05, 0.1) is 0 Å². The van der Waals surface area contributed by atoms with Crippen LogP contribution in [0.5, 0.6) is 0 Å². The quantitative estimate of drug-likeness (QED) is 0.744. The van der Waals surface area contributed by atoms with Crippen molar-refractivity contribution in [3.05, 3.63) is 83.2 Å². The molecule has 4 nitrogen and oxygen atoms in total. The third-order valence-corrected chi connectivity index (χ3v) is 7.29. The minimum Gasteiger partial charge on any atom is -0.295 e. The predicted octanol–water partition coefficient (Wildman–Crippen LogP) is 4.15. The highest BCUT2D eigenvalue weighted by molar-refractivity contribution is 7.91. The molecule has 5 heteroatoms. The van der Waals surface area contributed by atoms with Crippen molar-refractivity contribution in [2.24, 2.45) is 0 Å². The van der Waals surface area contributed by atoms with E-state index >= 15 is 0 Å². The zero-order chi connectivity index (χ0) is 18.9. The van der Waals surface area contributed by atoms with Crippen LogP contribution in [-0.2, 0) is 16.4 Å². The van der Waals surface area contributed by atoms with E-state index in [1.165, 1.54) is 3.97 Å². The van der Waals surface area contributed by atoms with Gasteiger partial charge in [-0.05, 0) is 51.3 Å². The molecule has 0 aliphatic heterocycles. The molecule has 1 aromatic heterocycles. The van der Waals surface area contributed by atoms with Crippen molar-refractivity contribution in [3.8, 4) is 0 Å². The Bertz CT molecular complexity index is 980. The Morgan fingerprint density at radius 2 is 1.77 bits per heavy atom. The van der Waals surface area contributed by atoms with E-state index in [2.05, 4.69) is 0 Å². The van der Waals surface area contributed by atoms with E-state index < -0.39 is 14.8 Å². The second kappa shape index (κ2) is 6.72. The fourth-order valence-electron chi connectivity index (χ4n) is 3.24. The largest absolute Gasteiger partial charge is 0.295 e. The molecule has 136 valence electrons. The van der Waals surface area contributed by atoms with Gasteiger partial charge in [-0.15, -0.1) is 0 Å². The molecule has 1 aliphatic carbocycles. The topological polar surface area (TPSA) is 56.1 Å². The van der Waals surface area contributed by atoms with Crippen molar-refractivity contribution in [2.45, 2.75) is 38.4 Å². The van der Waals surface area contributed by atoms with Crippen LogP contribution < -0.4 is 0 Å². The molecule has 0 saturated carbocycles. The number of carbonyl (C=O) groups excluding carboxylic acids is 1. The van der Waals surface area contributed by atoms with Crippen molar-refractivity contribution >= 4 is 15.8 Å². The summed E-state index contributed by atoms with van der Waals surface area (Å²) in [6.07, 6.45) is 7.96. The molecular formula is C21H23NO3S. The maximum atomic E-state index is 13.0. The molecule has 0 saturated heterocycles. The molecule has 0 radical (unpaired) electrons. The summed E-state index contributed by atoms with van der Waals surface area (Å²) in [6.45, 7) is 5.33. The van der Waals surface area contributed by atoms with Crippen molar-refractivity contribution in [3.63, 3.8) is 0 Å². The molecule has 3 rings (SSSR count). The van der Waals surface area contributed by atoms with Gasteiger partial charge in [0.2, 0.25) is 10.0 Å². The number of rotatable bonds is 5. The van der Waals surface area contributed by atoms with Crippen LogP contribution in [0.25, 0.3) is 0 Å². The molecule has 0 N–H and O–H groups in total. The first-order chi connectivity index (χ1) is 12.2. The second-order valence-electron chi connectivity index (χ2n) is 7.06. The minimum atomic E-state index is -3.53. The summed E-state index contributed by atoms with van der Waals surface area (Å²) in [4.78, 5) is 11.4. The maximum Gasteiger partial charge on any atom is 0.247 e. The second-order valence-corrected chi connectivity index (χ2v) is 9.36. The van der Waals surface area contributed by atoms with E-state index in [-0.39, 0.29) is 5.78 Å². The highest BCUT2D eigenvalue weighted by Gasteiger charge is 2.40. The first-order valence-corrected chi connectivity index (χ1v) is 10.0. The number of hydrogen-bond donors (Lipinski definition) is 0. The lowest BCUT2D eigenvalue weighted by atomic mass is 9.87. The molecule has 0 amide bonds. The summed E-state index contributed by atoms with van der Waals surface area (Å²) in [5, 5.41) is 0. The molecule has 1 heterocycles. The number of nitrogens with zero attached hydrogens (tertiary/aromatic N) is 1. The zero-order valence-electron chi connectivity index (χ0n) is 15.3. The van der Waals surface area contributed by atoms with Crippen LogP contribution in [-0.4, -0.2) is 22.9 Å². The molecular weight excluding hydrogens is 346 g/mol. The fourth-order valence-corrected chi connectivity index (χ4v) is 4.78. The lowest BCUT2D eigenvalue weighted by Crippen LogP contribution is -2.39. The summed E-state index contributed by atoms with van der Waals surface area (Å²) < 4.78 is 26.4. The summed E-state index contributed by atoms with van der Waals surface area (Å²) >= 11 is 0. The van der Waals surface area contributed by atoms with Gasteiger partial charge in [0.25, 0.3) is 0 Å². The van der Waals surface area contributed by atoms with Gasteiger partial charge in [0.15, 0.2) is 5.78 Å². The SMILES string of the molecule is CC(=O)c1ccc(CC2=C(C)C=CC(C)(S(=O)(=O)n3cccc3)C2)cc1. The van der Waals surface area contributed by atoms with Gasteiger partial charge < -0.3 is 0 Å². The molecule has 1 unspecified atom stereocenters. The summed E-state index contributed by atoms with van der Waals surface area (Å²) in [7, 11) is -3.53. The Morgan fingerprint density at radius 1 is 1.15 bits per heavy atom. The van der Waals surface area contributed by atoms with Gasteiger partial charge >= 0.3 is 0 Å². The van der Waals surface area contributed by atoms with E-state index in [0.717, 1.165) is 16.7 Å². The normalized spacial score (nSPS) is 20.4. The molecule has 0 bridgehead atoms. The Morgan fingerprint density at radius 3 is 2.35 bits per heavy atom. The zero-order valence-corrected chi connectivity index (χ0v) is 16.1. The monoisotopic (exact) mass is 369 g/mol. The molecule has 0 spiro atoms. The van der Waals surface area contributed by atoms with Crippen LogP contribution in [0.15, 0.2) is 72.1 Å². The minimum absolute atomic E-state index is 0.0398. The smallest absolute Gasteiger partial charge is 0.247 e. The van der Waals surface area contributed by atoms with Crippen LogP contribution in [0.4, 0.5) is 0 Å². The van der Waals surface area contributed by atoms with E-state index in [4.69, 9.17) is 0 Å². The standard InChI is InChI=1S/C21H23NO3S/c1-16-10-11-21(3,26(24,25)22-12-4-5-13-22)15-20(16)14-18-6-8-19(9-7-18)17(2)23/h4-13H,14-15H2,1-3H3. The van der Waals surface area contributed by atoms with Gasteiger partial charge in [-0.2, -0.15) is 0 Å².